The van der Waals surface area contributed by atoms with E-state index < -0.39 is 5.60 Å². The SMILES string of the molecule is Cc1nc2ccc(Cl)c(Br)c2n1CCCN(C)C(=O)OC(C)(C)C. The molecule has 0 aliphatic heterocycles. The monoisotopic (exact) mass is 415 g/mol. The van der Waals surface area contributed by atoms with Crippen LogP contribution >= 0.6 is 27.5 Å². The number of amides is 1. The van der Waals surface area contributed by atoms with Crippen molar-refractivity contribution in [3.63, 3.8) is 0 Å². The molecular weight excluding hydrogens is 394 g/mol. The van der Waals surface area contributed by atoms with Crippen LogP contribution in [0.15, 0.2) is 16.6 Å². The minimum atomic E-state index is -0.482. The van der Waals surface area contributed by atoms with Gasteiger partial charge in [-0.2, -0.15) is 0 Å². The number of imidazole rings is 1. The van der Waals surface area contributed by atoms with Crippen molar-refractivity contribution in [2.75, 3.05) is 13.6 Å². The van der Waals surface area contributed by atoms with E-state index in [2.05, 4.69) is 25.5 Å². The number of ether oxygens (including phenoxy) is 1. The molecule has 0 saturated carbocycles. The first kappa shape index (κ1) is 19.1. The number of benzene rings is 1. The van der Waals surface area contributed by atoms with Crippen LogP contribution in [0.1, 0.15) is 33.0 Å². The molecular formula is C17H23BrClN3O2. The van der Waals surface area contributed by atoms with Crippen LogP contribution in [0.5, 0.6) is 0 Å². The molecule has 1 amide bonds. The quantitative estimate of drug-likeness (QED) is 0.703. The van der Waals surface area contributed by atoms with Crippen molar-refractivity contribution in [1.29, 1.82) is 0 Å². The Kier molecular flexibility index (Phi) is 5.81. The largest absolute Gasteiger partial charge is 0.444 e. The first-order valence-electron chi connectivity index (χ1n) is 7.85. The summed E-state index contributed by atoms with van der Waals surface area (Å²) in [5.74, 6) is 0.924. The van der Waals surface area contributed by atoms with E-state index in [1.54, 1.807) is 11.9 Å². The molecule has 7 heteroatoms. The van der Waals surface area contributed by atoms with Gasteiger partial charge < -0.3 is 14.2 Å². The number of halogens is 2. The first-order chi connectivity index (χ1) is 11.1. The number of hydrogen-bond acceptors (Lipinski definition) is 3. The van der Waals surface area contributed by atoms with Gasteiger partial charge in [0.1, 0.15) is 11.4 Å². The molecule has 0 saturated heterocycles. The normalized spacial score (nSPS) is 11.8. The highest BCUT2D eigenvalue weighted by Crippen LogP contribution is 2.31. The number of fused-ring (bicyclic) bond motifs is 1. The summed E-state index contributed by atoms with van der Waals surface area (Å²) in [6.45, 7) is 8.90. The lowest BCUT2D eigenvalue weighted by Gasteiger charge is -2.24. The number of aromatic nitrogens is 2. The lowest BCUT2D eigenvalue weighted by molar-refractivity contribution is 0.0295. The Morgan fingerprint density at radius 1 is 1.42 bits per heavy atom. The van der Waals surface area contributed by atoms with E-state index >= 15 is 0 Å². The molecule has 1 aromatic carbocycles. The molecule has 0 radical (unpaired) electrons. The standard InChI is InChI=1S/C17H23BrClN3O2/c1-11-20-13-8-7-12(19)14(18)15(13)22(11)10-6-9-21(5)16(23)24-17(2,3)4/h7-8H,6,9-10H2,1-5H3. The summed E-state index contributed by atoms with van der Waals surface area (Å²) in [7, 11) is 1.75. The van der Waals surface area contributed by atoms with E-state index in [0.29, 0.717) is 11.6 Å². The van der Waals surface area contributed by atoms with E-state index in [9.17, 15) is 4.79 Å². The summed E-state index contributed by atoms with van der Waals surface area (Å²) < 4.78 is 8.33. The third-order valence-corrected chi connectivity index (χ3v) is 4.92. The Balaban J connectivity index is 2.05. The molecule has 5 nitrogen and oxygen atoms in total. The van der Waals surface area contributed by atoms with E-state index in [4.69, 9.17) is 16.3 Å². The van der Waals surface area contributed by atoms with Gasteiger partial charge in [-0.1, -0.05) is 11.6 Å². The zero-order chi connectivity index (χ0) is 18.1. The Hall–Kier alpha value is -1.27. The predicted molar refractivity (Wildman–Crippen MR) is 101 cm³/mol. The van der Waals surface area contributed by atoms with Crippen LogP contribution in [0.4, 0.5) is 4.79 Å². The highest BCUT2D eigenvalue weighted by molar-refractivity contribution is 9.10. The summed E-state index contributed by atoms with van der Waals surface area (Å²) in [4.78, 5) is 18.2. The average Bonchev–Trinajstić information content (AvgIpc) is 2.78. The second-order valence-electron chi connectivity index (χ2n) is 6.80. The van der Waals surface area contributed by atoms with Crippen molar-refractivity contribution in [2.24, 2.45) is 0 Å². The molecule has 1 heterocycles. The van der Waals surface area contributed by atoms with Crippen LogP contribution in [0, 0.1) is 6.92 Å². The highest BCUT2D eigenvalue weighted by atomic mass is 79.9. The molecule has 0 N–H and O–H groups in total. The van der Waals surface area contributed by atoms with Crippen LogP contribution in [0.2, 0.25) is 5.02 Å². The summed E-state index contributed by atoms with van der Waals surface area (Å²) in [5, 5.41) is 0.662. The van der Waals surface area contributed by atoms with Crippen LogP contribution in [-0.4, -0.2) is 39.7 Å². The maximum atomic E-state index is 12.0. The predicted octanol–water partition coefficient (Wildman–Crippen LogP) is 5.02. The third-order valence-electron chi connectivity index (χ3n) is 3.57. The molecule has 0 unspecified atom stereocenters. The second kappa shape index (κ2) is 7.31. The van der Waals surface area contributed by atoms with Gasteiger partial charge in [-0.3, -0.25) is 0 Å². The van der Waals surface area contributed by atoms with Gasteiger partial charge in [-0.25, -0.2) is 9.78 Å². The van der Waals surface area contributed by atoms with Crippen molar-refractivity contribution in [2.45, 2.75) is 46.3 Å². The minimum Gasteiger partial charge on any atom is -0.444 e. The number of rotatable bonds is 4. The Morgan fingerprint density at radius 2 is 2.08 bits per heavy atom. The maximum Gasteiger partial charge on any atom is 0.410 e. The zero-order valence-electron chi connectivity index (χ0n) is 14.7. The lowest BCUT2D eigenvalue weighted by Crippen LogP contribution is -2.35. The lowest BCUT2D eigenvalue weighted by atomic mass is 10.2. The fourth-order valence-electron chi connectivity index (χ4n) is 2.44. The topological polar surface area (TPSA) is 47.4 Å². The molecule has 1 aromatic heterocycles. The van der Waals surface area contributed by atoms with Gasteiger partial charge in [-0.05, 0) is 62.2 Å². The Bertz CT molecular complexity index is 752. The van der Waals surface area contributed by atoms with Gasteiger partial charge in [0.15, 0.2) is 0 Å². The van der Waals surface area contributed by atoms with E-state index in [-0.39, 0.29) is 6.09 Å². The average molecular weight is 417 g/mol. The molecule has 0 fully saturated rings. The fourth-order valence-corrected chi connectivity index (χ4v) is 3.15. The third kappa shape index (κ3) is 4.42. The van der Waals surface area contributed by atoms with Crippen molar-refractivity contribution >= 4 is 44.7 Å². The molecule has 0 aliphatic rings. The summed E-state index contributed by atoms with van der Waals surface area (Å²) in [6, 6.07) is 3.75. The molecule has 0 bridgehead atoms. The van der Waals surface area contributed by atoms with Crippen molar-refractivity contribution in [3.05, 3.63) is 27.5 Å². The Morgan fingerprint density at radius 3 is 2.71 bits per heavy atom. The van der Waals surface area contributed by atoms with Gasteiger partial charge in [-0.15, -0.1) is 0 Å². The van der Waals surface area contributed by atoms with Crippen molar-refractivity contribution in [3.8, 4) is 0 Å². The van der Waals surface area contributed by atoms with E-state index in [0.717, 1.165) is 34.3 Å². The van der Waals surface area contributed by atoms with Gasteiger partial charge in [0.2, 0.25) is 0 Å². The second-order valence-corrected chi connectivity index (χ2v) is 8.00. The number of hydrogen-bond donors (Lipinski definition) is 0. The number of nitrogens with zero attached hydrogens (tertiary/aromatic N) is 3. The highest BCUT2D eigenvalue weighted by Gasteiger charge is 2.19. The smallest absolute Gasteiger partial charge is 0.410 e. The van der Waals surface area contributed by atoms with Crippen molar-refractivity contribution < 1.29 is 9.53 Å². The van der Waals surface area contributed by atoms with Crippen LogP contribution < -0.4 is 0 Å². The Labute approximate surface area is 156 Å². The molecule has 24 heavy (non-hydrogen) atoms. The van der Waals surface area contributed by atoms with E-state index in [1.165, 1.54) is 0 Å². The van der Waals surface area contributed by atoms with Gasteiger partial charge in [0.25, 0.3) is 0 Å². The van der Waals surface area contributed by atoms with Gasteiger partial charge in [0, 0.05) is 20.1 Å². The fraction of sp³-hybridized carbons (Fsp3) is 0.529. The van der Waals surface area contributed by atoms with Crippen LogP contribution in [0.3, 0.4) is 0 Å². The number of carbonyl (C=O) groups is 1. The summed E-state index contributed by atoms with van der Waals surface area (Å²) in [5.41, 5.74) is 1.41. The molecule has 0 spiro atoms. The summed E-state index contributed by atoms with van der Waals surface area (Å²) >= 11 is 9.74. The molecule has 0 atom stereocenters. The maximum absolute atomic E-state index is 12.0. The summed E-state index contributed by atoms with van der Waals surface area (Å²) in [6.07, 6.45) is 0.486. The van der Waals surface area contributed by atoms with Crippen LogP contribution in [-0.2, 0) is 11.3 Å². The molecule has 132 valence electrons. The van der Waals surface area contributed by atoms with E-state index in [1.807, 2.05) is 39.8 Å². The molecule has 0 aliphatic carbocycles. The van der Waals surface area contributed by atoms with Crippen molar-refractivity contribution in [1.82, 2.24) is 14.5 Å². The zero-order valence-corrected chi connectivity index (χ0v) is 17.0. The van der Waals surface area contributed by atoms with Crippen LogP contribution in [0.25, 0.3) is 11.0 Å². The number of carbonyl (C=O) groups excluding carboxylic acids is 1. The molecule has 2 rings (SSSR count). The minimum absolute atomic E-state index is 0.307. The number of aryl methyl sites for hydroxylation is 2. The first-order valence-corrected chi connectivity index (χ1v) is 9.02. The van der Waals surface area contributed by atoms with Gasteiger partial charge in [0.05, 0.1) is 20.5 Å². The molecule has 2 aromatic rings. The van der Waals surface area contributed by atoms with Gasteiger partial charge >= 0.3 is 6.09 Å².